The predicted octanol–water partition coefficient (Wildman–Crippen LogP) is -2.68. The van der Waals surface area contributed by atoms with Gasteiger partial charge in [0.25, 0.3) is 0 Å². The number of hydrogen-bond acceptors (Lipinski definition) is 0. The molecular weight excluding hydrogens is 78.0 g/mol. The number of rotatable bonds is 0. The molecule has 0 saturated carbocycles. The summed E-state index contributed by atoms with van der Waals surface area (Å²) in [6.45, 7) is 0. The Kier molecular flexibility index (Phi) is 11200. The van der Waals surface area contributed by atoms with E-state index in [4.69, 9.17) is 0 Å². The van der Waals surface area contributed by atoms with Gasteiger partial charge in [-0.3, -0.25) is 4.70 Å². The third-order valence-corrected chi connectivity index (χ3v) is 0. The average Bonchev–Trinajstić information content (AvgIpc) is 0. The van der Waals surface area contributed by atoms with Crippen LogP contribution < -0.4 is 0 Å². The third-order valence-electron chi connectivity index (χ3n) is 0. The van der Waals surface area contributed by atoms with E-state index in [2.05, 4.69) is 0 Å². The molecule has 4 heteroatoms. The van der Waals surface area contributed by atoms with Crippen molar-refractivity contribution in [1.82, 2.24) is 0 Å². The molecule has 0 radical (unpaired) electrons. The molecule has 0 aromatic heterocycles. The van der Waals surface area contributed by atoms with Crippen LogP contribution in [0.4, 0.5) is 4.70 Å². The normalized spacial score (nSPS) is 0. The monoisotopic (exact) mass is 86.0 g/mol. The Bertz CT molecular complexity index is 6.00. The molecule has 0 amide bonds. The molecule has 0 aliphatic rings. The van der Waals surface area contributed by atoms with Gasteiger partial charge in [-0.1, -0.05) is 0 Å². The Morgan fingerprint density at radius 1 is 0.750 bits per heavy atom. The van der Waals surface area contributed by atoms with Crippen LogP contribution in [-0.4, -0.2) is 28.3 Å². The second-order valence-electron chi connectivity index (χ2n) is 0. The molecule has 0 unspecified atom stereocenters. The first kappa shape index (κ1) is 343. The SMILES string of the molecule is F.O.O.[AlH3]. The fourth-order valence-electron chi connectivity index (χ4n) is 0. The summed E-state index contributed by atoms with van der Waals surface area (Å²) in [6, 6.07) is 0. The van der Waals surface area contributed by atoms with Crippen LogP contribution in [0.3, 0.4) is 0 Å². The molecule has 0 aromatic carbocycles. The Morgan fingerprint density at radius 2 is 0.750 bits per heavy atom. The third kappa shape index (κ3) is 31.1. The van der Waals surface area contributed by atoms with Crippen molar-refractivity contribution in [3.05, 3.63) is 0 Å². The van der Waals surface area contributed by atoms with Gasteiger partial charge in [0.1, 0.15) is 0 Å². The van der Waals surface area contributed by atoms with E-state index in [1.165, 1.54) is 0 Å². The molecule has 2 nitrogen and oxygen atoms in total. The van der Waals surface area contributed by atoms with E-state index in [0.717, 1.165) is 0 Å². The highest BCUT2D eigenvalue weighted by molar-refractivity contribution is 5.75. The van der Waals surface area contributed by atoms with Crippen molar-refractivity contribution in [1.29, 1.82) is 0 Å². The molecule has 0 bridgehead atoms. The van der Waals surface area contributed by atoms with E-state index in [-0.39, 0.29) is 33.0 Å². The lowest BCUT2D eigenvalue weighted by atomic mass is 16.0. The van der Waals surface area contributed by atoms with E-state index in [1.54, 1.807) is 0 Å². The van der Waals surface area contributed by atoms with Gasteiger partial charge in [0.2, 0.25) is 0 Å². The van der Waals surface area contributed by atoms with Crippen molar-refractivity contribution in [3.63, 3.8) is 0 Å². The first-order valence-corrected chi connectivity index (χ1v) is 0. The van der Waals surface area contributed by atoms with Gasteiger partial charge < -0.3 is 11.0 Å². The van der Waals surface area contributed by atoms with Gasteiger partial charge in [-0.15, -0.1) is 0 Å². The van der Waals surface area contributed by atoms with Crippen LogP contribution in [0.2, 0.25) is 0 Å². The fourth-order valence-corrected chi connectivity index (χ4v) is 0. The fraction of sp³-hybridized carbons (Fsp3) is 0. The van der Waals surface area contributed by atoms with Crippen molar-refractivity contribution >= 4 is 17.4 Å². The summed E-state index contributed by atoms with van der Waals surface area (Å²) in [6.07, 6.45) is 0. The molecule has 0 aliphatic carbocycles. The van der Waals surface area contributed by atoms with Gasteiger partial charge in [-0.05, 0) is 0 Å². The summed E-state index contributed by atoms with van der Waals surface area (Å²) >= 11 is 0. The van der Waals surface area contributed by atoms with Crippen molar-refractivity contribution in [3.8, 4) is 0 Å². The smallest absolute Gasteiger partial charge is 0.187 e. The van der Waals surface area contributed by atoms with Crippen LogP contribution in [0.1, 0.15) is 0 Å². The molecule has 0 spiro atoms. The zero-order chi connectivity index (χ0) is 0. The van der Waals surface area contributed by atoms with Crippen LogP contribution in [-0.2, 0) is 0 Å². The Balaban J connectivity index is 0. The van der Waals surface area contributed by atoms with Crippen molar-refractivity contribution in [2.24, 2.45) is 0 Å². The number of hydrogen-bond donors (Lipinski definition) is 0. The summed E-state index contributed by atoms with van der Waals surface area (Å²) in [5.74, 6) is 0. The van der Waals surface area contributed by atoms with Gasteiger partial charge in [-0.25, -0.2) is 0 Å². The quantitative estimate of drug-likeness (QED) is 0.288. The maximum absolute atomic E-state index is 0. The Hall–Kier alpha value is 0.382. The lowest BCUT2D eigenvalue weighted by Gasteiger charge is -0.413. The minimum absolute atomic E-state index is 0. The van der Waals surface area contributed by atoms with Crippen molar-refractivity contribution in [2.45, 2.75) is 0 Å². The lowest BCUT2D eigenvalue weighted by Crippen LogP contribution is -0.381. The van der Waals surface area contributed by atoms with Crippen molar-refractivity contribution in [2.75, 3.05) is 0 Å². The van der Waals surface area contributed by atoms with Crippen LogP contribution >= 0.6 is 0 Å². The van der Waals surface area contributed by atoms with Crippen LogP contribution in [0.5, 0.6) is 0 Å². The molecule has 0 fully saturated rings. The zero-order valence-electron chi connectivity index (χ0n) is 1.41. The molecule has 0 saturated heterocycles. The first-order valence-electron chi connectivity index (χ1n) is 0. The van der Waals surface area contributed by atoms with Gasteiger partial charge in [0.05, 0.1) is 0 Å². The molecule has 0 rings (SSSR count). The lowest BCUT2D eigenvalue weighted by molar-refractivity contribution is 0.823. The maximum atomic E-state index is 0. The van der Waals surface area contributed by atoms with Crippen LogP contribution in [0.25, 0.3) is 0 Å². The van der Waals surface area contributed by atoms with Crippen LogP contribution in [0.15, 0.2) is 0 Å². The van der Waals surface area contributed by atoms with Gasteiger partial charge in [-0.2, -0.15) is 0 Å². The molecule has 4 heavy (non-hydrogen) atoms. The summed E-state index contributed by atoms with van der Waals surface area (Å²) in [5.41, 5.74) is 0. The molecule has 30 valence electrons. The average molecular weight is 86.0 g/mol. The second-order valence-corrected chi connectivity index (χ2v) is 0. The topological polar surface area (TPSA) is 63.0 Å². The van der Waals surface area contributed by atoms with E-state index in [0.29, 0.717) is 0 Å². The predicted molar refractivity (Wildman–Crippen MR) is 19.7 cm³/mol. The molecule has 0 heterocycles. The largest absolute Gasteiger partial charge is 0.412 e. The Labute approximate surface area is 33.9 Å². The highest BCUT2D eigenvalue weighted by atomic mass is 27.0. The first-order chi connectivity index (χ1) is 0. The summed E-state index contributed by atoms with van der Waals surface area (Å²) in [5, 5.41) is 0. The summed E-state index contributed by atoms with van der Waals surface area (Å²) in [4.78, 5) is 0. The van der Waals surface area contributed by atoms with Crippen LogP contribution in [0, 0.1) is 0 Å². The highest BCUT2D eigenvalue weighted by Gasteiger charge is 0.187. The summed E-state index contributed by atoms with van der Waals surface area (Å²) in [7, 11) is 0. The standard InChI is InChI=1S/Al.FH.2H2O.3H/h;1H;2*1H2;;;. The minimum atomic E-state index is 0. The minimum Gasteiger partial charge on any atom is -0.412 e. The zero-order valence-corrected chi connectivity index (χ0v) is 1.41. The van der Waals surface area contributed by atoms with E-state index >= 15 is 0 Å². The van der Waals surface area contributed by atoms with E-state index in [9.17, 15) is 0 Å². The van der Waals surface area contributed by atoms with Gasteiger partial charge in [0.15, 0.2) is 17.4 Å². The van der Waals surface area contributed by atoms with E-state index < -0.39 is 0 Å². The highest BCUT2D eigenvalue weighted by Crippen LogP contribution is 0.420. The maximum Gasteiger partial charge on any atom is 0.187 e. The molecular formula is H8AlFO2. The molecule has 0 aliphatic heterocycles. The Morgan fingerprint density at radius 3 is 0.750 bits per heavy atom. The number of halogens is 1. The van der Waals surface area contributed by atoms with E-state index in [1.807, 2.05) is 0 Å². The summed E-state index contributed by atoms with van der Waals surface area (Å²) < 4.78 is 0. The van der Waals surface area contributed by atoms with Gasteiger partial charge >= 0.3 is 0 Å². The van der Waals surface area contributed by atoms with Gasteiger partial charge in [0, 0.05) is 0 Å². The molecule has 4 N–H and O–H groups in total. The second kappa shape index (κ2) is 131. The van der Waals surface area contributed by atoms with Crippen molar-refractivity contribution < 1.29 is 15.7 Å². The molecule has 0 atom stereocenters. The molecule has 0 aromatic rings.